The van der Waals surface area contributed by atoms with Gasteiger partial charge in [-0.15, -0.1) is 0 Å². The highest BCUT2D eigenvalue weighted by molar-refractivity contribution is 5.96. The second-order valence-electron chi connectivity index (χ2n) is 5.94. The Morgan fingerprint density at radius 2 is 2.24 bits per heavy atom. The molecule has 0 radical (unpaired) electrons. The number of piperidine rings is 1. The summed E-state index contributed by atoms with van der Waals surface area (Å²) in [6.45, 7) is 1.71. The lowest BCUT2D eigenvalue weighted by Gasteiger charge is -2.32. The molecule has 0 bridgehead atoms. The van der Waals surface area contributed by atoms with Gasteiger partial charge in [0.05, 0.1) is 11.4 Å². The topological polar surface area (TPSA) is 69.8 Å². The molecule has 2 rings (SSSR count). The number of carbonyl (C=O) groups is 1. The molecular weight excluding hydrogens is 266 g/mol. The molecule has 1 fully saturated rings. The number of rotatable bonds is 4. The quantitative estimate of drug-likeness (QED) is 0.826. The van der Waals surface area contributed by atoms with E-state index in [1.807, 2.05) is 36.0 Å². The summed E-state index contributed by atoms with van der Waals surface area (Å²) in [4.78, 5) is 16.4. The number of aliphatic hydroxyl groups is 1. The van der Waals surface area contributed by atoms with Crippen molar-refractivity contribution in [3.05, 3.63) is 23.8 Å². The van der Waals surface area contributed by atoms with E-state index in [2.05, 4.69) is 0 Å². The van der Waals surface area contributed by atoms with Crippen molar-refractivity contribution in [1.82, 2.24) is 4.90 Å². The fraction of sp³-hybridized carbons (Fsp3) is 0.562. The molecule has 0 spiro atoms. The third-order valence-corrected chi connectivity index (χ3v) is 4.10. The minimum Gasteiger partial charge on any atom is -0.397 e. The van der Waals surface area contributed by atoms with Crippen LogP contribution in [0.25, 0.3) is 0 Å². The molecule has 1 atom stereocenters. The summed E-state index contributed by atoms with van der Waals surface area (Å²) in [6.07, 6.45) is 2.86. The number of nitrogen functional groups attached to an aromatic ring is 1. The minimum absolute atomic E-state index is 0.0367. The number of nitrogens with zero attached hydrogens (tertiary/aromatic N) is 2. The van der Waals surface area contributed by atoms with E-state index in [1.54, 1.807) is 6.07 Å². The van der Waals surface area contributed by atoms with E-state index in [0.29, 0.717) is 17.2 Å². The van der Waals surface area contributed by atoms with Crippen LogP contribution in [0.15, 0.2) is 18.2 Å². The second kappa shape index (κ2) is 6.80. The molecular formula is C16H25N3O2. The van der Waals surface area contributed by atoms with Gasteiger partial charge < -0.3 is 20.6 Å². The summed E-state index contributed by atoms with van der Waals surface area (Å²) in [5.41, 5.74) is 8.20. The van der Waals surface area contributed by atoms with Crippen LogP contribution in [0.1, 0.15) is 29.6 Å². The molecule has 1 amide bonds. The van der Waals surface area contributed by atoms with Gasteiger partial charge in [-0.1, -0.05) is 0 Å². The van der Waals surface area contributed by atoms with E-state index in [4.69, 9.17) is 10.8 Å². The average Bonchev–Trinajstić information content (AvgIpc) is 2.46. The van der Waals surface area contributed by atoms with Gasteiger partial charge in [-0.3, -0.25) is 4.79 Å². The van der Waals surface area contributed by atoms with Gasteiger partial charge in [0.2, 0.25) is 0 Å². The molecule has 3 N–H and O–H groups in total. The van der Waals surface area contributed by atoms with Crippen molar-refractivity contribution >= 4 is 17.3 Å². The summed E-state index contributed by atoms with van der Waals surface area (Å²) in [5.74, 6) is 0.445. The molecule has 1 aromatic rings. The Morgan fingerprint density at radius 1 is 1.48 bits per heavy atom. The van der Waals surface area contributed by atoms with Gasteiger partial charge in [0, 0.05) is 39.4 Å². The SMILES string of the molecule is CN(C)c1ccc(C(=O)N2CCCC(CCO)C2)cc1N. The first-order valence-corrected chi connectivity index (χ1v) is 7.50. The second-order valence-corrected chi connectivity index (χ2v) is 5.94. The lowest BCUT2D eigenvalue weighted by atomic mass is 9.94. The number of benzene rings is 1. The average molecular weight is 291 g/mol. The van der Waals surface area contributed by atoms with Crippen LogP contribution < -0.4 is 10.6 Å². The van der Waals surface area contributed by atoms with Gasteiger partial charge in [0.15, 0.2) is 0 Å². The normalized spacial score (nSPS) is 18.6. The molecule has 21 heavy (non-hydrogen) atoms. The number of anilines is 2. The monoisotopic (exact) mass is 291 g/mol. The Morgan fingerprint density at radius 3 is 2.86 bits per heavy atom. The van der Waals surface area contributed by atoms with Crippen molar-refractivity contribution in [2.24, 2.45) is 5.92 Å². The predicted octanol–water partition coefficient (Wildman–Crippen LogP) is 1.57. The number of amides is 1. The van der Waals surface area contributed by atoms with Crippen LogP contribution in [0.4, 0.5) is 11.4 Å². The van der Waals surface area contributed by atoms with Crippen molar-refractivity contribution in [3.8, 4) is 0 Å². The molecule has 1 saturated heterocycles. The van der Waals surface area contributed by atoms with Crippen LogP contribution >= 0.6 is 0 Å². The first kappa shape index (κ1) is 15.6. The van der Waals surface area contributed by atoms with Crippen LogP contribution in [-0.4, -0.2) is 49.7 Å². The van der Waals surface area contributed by atoms with Gasteiger partial charge in [-0.05, 0) is 43.4 Å². The number of carbonyl (C=O) groups excluding carboxylic acids is 1. The van der Waals surface area contributed by atoms with Crippen molar-refractivity contribution in [3.63, 3.8) is 0 Å². The number of nitrogens with two attached hydrogens (primary N) is 1. The largest absolute Gasteiger partial charge is 0.397 e. The smallest absolute Gasteiger partial charge is 0.253 e. The van der Waals surface area contributed by atoms with E-state index in [9.17, 15) is 4.79 Å². The molecule has 1 unspecified atom stereocenters. The van der Waals surface area contributed by atoms with Crippen molar-refractivity contribution < 1.29 is 9.90 Å². The molecule has 0 aromatic heterocycles. The highest BCUT2D eigenvalue weighted by atomic mass is 16.3. The molecule has 0 aliphatic carbocycles. The van der Waals surface area contributed by atoms with E-state index in [0.717, 1.165) is 38.0 Å². The van der Waals surface area contributed by atoms with Gasteiger partial charge in [-0.2, -0.15) is 0 Å². The molecule has 1 heterocycles. The molecule has 116 valence electrons. The summed E-state index contributed by atoms with van der Waals surface area (Å²) in [5, 5.41) is 9.05. The van der Waals surface area contributed by atoms with Crippen LogP contribution in [-0.2, 0) is 0 Å². The Bertz CT molecular complexity index is 500. The molecule has 1 aliphatic heterocycles. The lowest BCUT2D eigenvalue weighted by molar-refractivity contribution is 0.0653. The van der Waals surface area contributed by atoms with Crippen LogP contribution in [0, 0.1) is 5.92 Å². The van der Waals surface area contributed by atoms with Crippen molar-refractivity contribution in [2.75, 3.05) is 44.4 Å². The van der Waals surface area contributed by atoms with Gasteiger partial charge >= 0.3 is 0 Å². The summed E-state index contributed by atoms with van der Waals surface area (Å²) < 4.78 is 0. The number of likely N-dealkylation sites (tertiary alicyclic amines) is 1. The minimum atomic E-state index is 0.0367. The van der Waals surface area contributed by atoms with E-state index >= 15 is 0 Å². The predicted molar refractivity (Wildman–Crippen MR) is 85.5 cm³/mol. The Balaban J connectivity index is 2.10. The zero-order valence-corrected chi connectivity index (χ0v) is 12.9. The molecule has 1 aliphatic rings. The zero-order chi connectivity index (χ0) is 15.4. The summed E-state index contributed by atoms with van der Waals surface area (Å²) >= 11 is 0. The van der Waals surface area contributed by atoms with E-state index in [1.165, 1.54) is 0 Å². The molecule has 0 saturated carbocycles. The maximum Gasteiger partial charge on any atom is 0.253 e. The Hall–Kier alpha value is -1.75. The number of hydrogen-bond donors (Lipinski definition) is 2. The van der Waals surface area contributed by atoms with E-state index in [-0.39, 0.29) is 12.5 Å². The molecule has 5 nitrogen and oxygen atoms in total. The maximum atomic E-state index is 12.6. The fourth-order valence-corrected chi connectivity index (χ4v) is 2.95. The zero-order valence-electron chi connectivity index (χ0n) is 12.9. The van der Waals surface area contributed by atoms with Crippen molar-refractivity contribution in [2.45, 2.75) is 19.3 Å². The van der Waals surface area contributed by atoms with Gasteiger partial charge in [0.25, 0.3) is 5.91 Å². The van der Waals surface area contributed by atoms with Crippen LogP contribution in [0.2, 0.25) is 0 Å². The standard InChI is InChI=1S/C16H25N3O2/c1-18(2)15-6-5-13(10-14(15)17)16(21)19-8-3-4-12(11-19)7-9-20/h5-6,10,12,20H,3-4,7-9,11,17H2,1-2H3. The Kier molecular flexibility index (Phi) is 5.07. The fourth-order valence-electron chi connectivity index (χ4n) is 2.95. The highest BCUT2D eigenvalue weighted by Gasteiger charge is 2.24. The van der Waals surface area contributed by atoms with Crippen LogP contribution in [0.5, 0.6) is 0 Å². The van der Waals surface area contributed by atoms with Gasteiger partial charge in [-0.25, -0.2) is 0 Å². The molecule has 5 heteroatoms. The summed E-state index contributed by atoms with van der Waals surface area (Å²) in [6, 6.07) is 5.48. The van der Waals surface area contributed by atoms with Gasteiger partial charge in [0.1, 0.15) is 0 Å². The maximum absolute atomic E-state index is 12.6. The van der Waals surface area contributed by atoms with E-state index < -0.39 is 0 Å². The molecule has 1 aromatic carbocycles. The summed E-state index contributed by atoms with van der Waals surface area (Å²) in [7, 11) is 3.86. The Labute approximate surface area is 126 Å². The first-order chi connectivity index (χ1) is 10.0. The first-order valence-electron chi connectivity index (χ1n) is 7.50. The third kappa shape index (κ3) is 3.67. The number of aliphatic hydroxyl groups excluding tert-OH is 1. The number of hydrogen-bond acceptors (Lipinski definition) is 4. The van der Waals surface area contributed by atoms with Crippen LogP contribution in [0.3, 0.4) is 0 Å². The van der Waals surface area contributed by atoms with Crippen molar-refractivity contribution in [1.29, 1.82) is 0 Å². The highest BCUT2D eigenvalue weighted by Crippen LogP contribution is 2.25. The lowest BCUT2D eigenvalue weighted by Crippen LogP contribution is -2.40. The third-order valence-electron chi connectivity index (χ3n) is 4.10.